The standard InChI is InChI=1S/C15H14ClNO2S/c16-12-6-8-13(9-7-12)20(18,19)17-15-10-5-11-3-1-2-4-14(11)15/h1-4,6-9,15,17H,5,10H2. The molecular formula is C15H14ClNO2S. The predicted octanol–water partition coefficient (Wildman–Crippen LogP) is 3.31. The van der Waals surface area contributed by atoms with Gasteiger partial charge in [0.05, 0.1) is 4.90 Å². The molecule has 5 heteroatoms. The lowest BCUT2D eigenvalue weighted by atomic mass is 10.1. The second-order valence-corrected chi connectivity index (χ2v) is 7.02. The number of benzene rings is 2. The van der Waals surface area contributed by atoms with Gasteiger partial charge in [0.15, 0.2) is 0 Å². The smallest absolute Gasteiger partial charge is 0.207 e. The average molecular weight is 308 g/mol. The maximum Gasteiger partial charge on any atom is 0.241 e. The van der Waals surface area contributed by atoms with Crippen molar-refractivity contribution < 1.29 is 8.42 Å². The first kappa shape index (κ1) is 13.6. The molecule has 0 heterocycles. The van der Waals surface area contributed by atoms with E-state index >= 15 is 0 Å². The Morgan fingerprint density at radius 2 is 1.75 bits per heavy atom. The van der Waals surface area contributed by atoms with Crippen LogP contribution in [0.4, 0.5) is 0 Å². The summed E-state index contributed by atoms with van der Waals surface area (Å²) in [5.41, 5.74) is 2.29. The summed E-state index contributed by atoms with van der Waals surface area (Å²) in [6.45, 7) is 0. The summed E-state index contributed by atoms with van der Waals surface area (Å²) < 4.78 is 27.5. The van der Waals surface area contributed by atoms with E-state index in [4.69, 9.17) is 11.6 Å². The third-order valence-electron chi connectivity index (χ3n) is 3.55. The molecule has 1 atom stereocenters. The number of aryl methyl sites for hydroxylation is 1. The zero-order valence-electron chi connectivity index (χ0n) is 10.7. The zero-order valence-corrected chi connectivity index (χ0v) is 12.3. The van der Waals surface area contributed by atoms with Gasteiger partial charge < -0.3 is 0 Å². The number of nitrogens with one attached hydrogen (secondary N) is 1. The SMILES string of the molecule is O=S(=O)(NC1CCc2ccccc21)c1ccc(Cl)cc1. The van der Waals surface area contributed by atoms with Gasteiger partial charge in [-0.25, -0.2) is 13.1 Å². The fourth-order valence-electron chi connectivity index (χ4n) is 2.55. The van der Waals surface area contributed by atoms with Crippen molar-refractivity contribution in [3.05, 3.63) is 64.7 Å². The third kappa shape index (κ3) is 2.59. The van der Waals surface area contributed by atoms with Crippen molar-refractivity contribution in [1.29, 1.82) is 0 Å². The van der Waals surface area contributed by atoms with Gasteiger partial charge in [0.1, 0.15) is 0 Å². The fourth-order valence-corrected chi connectivity index (χ4v) is 3.92. The van der Waals surface area contributed by atoms with Crippen molar-refractivity contribution in [2.24, 2.45) is 0 Å². The average Bonchev–Trinajstić information content (AvgIpc) is 2.82. The molecule has 0 aliphatic heterocycles. The van der Waals surface area contributed by atoms with E-state index < -0.39 is 10.0 Å². The van der Waals surface area contributed by atoms with E-state index in [1.54, 1.807) is 12.1 Å². The quantitative estimate of drug-likeness (QED) is 0.945. The lowest BCUT2D eigenvalue weighted by Crippen LogP contribution is -2.27. The maximum atomic E-state index is 12.4. The minimum absolute atomic E-state index is 0.146. The number of sulfonamides is 1. The topological polar surface area (TPSA) is 46.2 Å². The van der Waals surface area contributed by atoms with Gasteiger partial charge in [-0.1, -0.05) is 35.9 Å². The molecule has 104 valence electrons. The maximum absolute atomic E-state index is 12.4. The molecule has 1 aliphatic rings. The van der Waals surface area contributed by atoms with Crippen LogP contribution in [0.25, 0.3) is 0 Å². The molecule has 20 heavy (non-hydrogen) atoms. The lowest BCUT2D eigenvalue weighted by Gasteiger charge is -2.14. The van der Waals surface area contributed by atoms with Gasteiger partial charge >= 0.3 is 0 Å². The van der Waals surface area contributed by atoms with Crippen molar-refractivity contribution in [3.8, 4) is 0 Å². The van der Waals surface area contributed by atoms with Crippen molar-refractivity contribution in [2.75, 3.05) is 0 Å². The van der Waals surface area contributed by atoms with Crippen LogP contribution >= 0.6 is 11.6 Å². The van der Waals surface area contributed by atoms with Gasteiger partial charge in [0.2, 0.25) is 10.0 Å². The van der Waals surface area contributed by atoms with Crippen LogP contribution in [0.15, 0.2) is 53.4 Å². The monoisotopic (exact) mass is 307 g/mol. The predicted molar refractivity (Wildman–Crippen MR) is 79.3 cm³/mol. The van der Waals surface area contributed by atoms with Crippen LogP contribution in [0.2, 0.25) is 5.02 Å². The van der Waals surface area contributed by atoms with Crippen LogP contribution in [-0.4, -0.2) is 8.42 Å². The van der Waals surface area contributed by atoms with E-state index in [1.165, 1.54) is 17.7 Å². The Hall–Kier alpha value is -1.36. The van der Waals surface area contributed by atoms with Crippen LogP contribution in [-0.2, 0) is 16.4 Å². The van der Waals surface area contributed by atoms with E-state index in [1.807, 2.05) is 24.3 Å². The molecule has 0 saturated heterocycles. The van der Waals surface area contributed by atoms with Crippen LogP contribution in [0.1, 0.15) is 23.6 Å². The Balaban J connectivity index is 1.86. The molecule has 0 bridgehead atoms. The first-order chi connectivity index (χ1) is 9.56. The van der Waals surface area contributed by atoms with Crippen LogP contribution in [0.3, 0.4) is 0 Å². The van der Waals surface area contributed by atoms with Gasteiger partial charge in [0, 0.05) is 11.1 Å². The first-order valence-electron chi connectivity index (χ1n) is 6.42. The van der Waals surface area contributed by atoms with E-state index in [-0.39, 0.29) is 10.9 Å². The summed E-state index contributed by atoms with van der Waals surface area (Å²) >= 11 is 5.78. The summed E-state index contributed by atoms with van der Waals surface area (Å²) in [4.78, 5) is 0.242. The Labute approximate surface area is 123 Å². The van der Waals surface area contributed by atoms with E-state index in [0.717, 1.165) is 18.4 Å². The van der Waals surface area contributed by atoms with E-state index in [9.17, 15) is 8.42 Å². The van der Waals surface area contributed by atoms with Gasteiger partial charge in [-0.2, -0.15) is 0 Å². The highest BCUT2D eigenvalue weighted by Crippen LogP contribution is 2.32. The molecule has 0 fully saturated rings. The second-order valence-electron chi connectivity index (χ2n) is 4.87. The van der Waals surface area contributed by atoms with Gasteiger partial charge in [-0.15, -0.1) is 0 Å². The van der Waals surface area contributed by atoms with Gasteiger partial charge in [-0.3, -0.25) is 0 Å². The lowest BCUT2D eigenvalue weighted by molar-refractivity contribution is 0.554. The summed E-state index contributed by atoms with van der Waals surface area (Å²) in [5.74, 6) is 0. The van der Waals surface area contributed by atoms with Crippen molar-refractivity contribution in [3.63, 3.8) is 0 Å². The van der Waals surface area contributed by atoms with Crippen LogP contribution < -0.4 is 4.72 Å². The molecule has 3 nitrogen and oxygen atoms in total. The largest absolute Gasteiger partial charge is 0.241 e. The number of hydrogen-bond acceptors (Lipinski definition) is 2. The molecule has 1 unspecified atom stereocenters. The molecule has 2 aromatic carbocycles. The first-order valence-corrected chi connectivity index (χ1v) is 8.28. The van der Waals surface area contributed by atoms with Gasteiger partial charge in [-0.05, 0) is 48.2 Å². The van der Waals surface area contributed by atoms with Crippen molar-refractivity contribution >= 4 is 21.6 Å². The summed E-state index contributed by atoms with van der Waals surface area (Å²) in [6, 6.07) is 14.0. The zero-order chi connectivity index (χ0) is 14.2. The second kappa shape index (κ2) is 5.20. The molecule has 0 amide bonds. The number of rotatable bonds is 3. The summed E-state index contributed by atoms with van der Waals surface area (Å²) in [7, 11) is -3.51. The highest BCUT2D eigenvalue weighted by Gasteiger charge is 2.26. The third-order valence-corrected chi connectivity index (χ3v) is 5.29. The summed E-state index contributed by atoms with van der Waals surface area (Å²) in [5, 5.41) is 0.523. The highest BCUT2D eigenvalue weighted by atomic mass is 35.5. The van der Waals surface area contributed by atoms with Crippen molar-refractivity contribution in [1.82, 2.24) is 4.72 Å². The molecule has 0 aromatic heterocycles. The molecule has 2 aromatic rings. The number of halogens is 1. The Bertz CT molecular complexity index is 726. The molecule has 0 saturated carbocycles. The van der Waals surface area contributed by atoms with Crippen molar-refractivity contribution in [2.45, 2.75) is 23.8 Å². The Morgan fingerprint density at radius 3 is 2.50 bits per heavy atom. The van der Waals surface area contributed by atoms with E-state index in [2.05, 4.69) is 4.72 Å². The fraction of sp³-hybridized carbons (Fsp3) is 0.200. The molecule has 1 N–H and O–H groups in total. The highest BCUT2D eigenvalue weighted by molar-refractivity contribution is 7.89. The van der Waals surface area contributed by atoms with E-state index in [0.29, 0.717) is 5.02 Å². The van der Waals surface area contributed by atoms with Crippen LogP contribution in [0.5, 0.6) is 0 Å². The number of fused-ring (bicyclic) bond motifs is 1. The molecule has 0 spiro atoms. The van der Waals surface area contributed by atoms with Crippen LogP contribution in [0, 0.1) is 0 Å². The molecular weight excluding hydrogens is 294 g/mol. The number of hydrogen-bond donors (Lipinski definition) is 1. The Morgan fingerprint density at radius 1 is 1.05 bits per heavy atom. The molecule has 1 aliphatic carbocycles. The molecule has 0 radical (unpaired) electrons. The minimum Gasteiger partial charge on any atom is -0.207 e. The normalized spacial score (nSPS) is 17.9. The Kier molecular flexibility index (Phi) is 3.54. The summed E-state index contributed by atoms with van der Waals surface area (Å²) in [6.07, 6.45) is 1.70. The molecule has 3 rings (SSSR count). The minimum atomic E-state index is -3.51. The van der Waals surface area contributed by atoms with Gasteiger partial charge in [0.25, 0.3) is 0 Å².